The normalized spacial score (nSPS) is 20.0. The van der Waals surface area contributed by atoms with E-state index >= 15 is 0 Å². The van der Waals surface area contributed by atoms with Crippen LogP contribution < -0.4 is 21.1 Å². The summed E-state index contributed by atoms with van der Waals surface area (Å²) < 4.78 is 11.9. The Labute approximate surface area is 260 Å². The van der Waals surface area contributed by atoms with Gasteiger partial charge in [0.1, 0.15) is 23.7 Å². The maximum atomic E-state index is 14.3. The topological polar surface area (TPSA) is 170 Å². The molecule has 5 rings (SSSR count). The molecule has 2 aliphatic rings. The molecule has 4 atom stereocenters. The number of benzene rings is 1. The SMILES string of the molecule is CC(C)(C)[C@H](Nc1nc2ccccc2o1)C(=O)N1C[C@H](Oc2ccc(Cl)cn2)C[C@H]1C(=O)NC(CC1CCC1)C(=O)C(N)=O. The average molecular weight is 625 g/mol. The van der Waals surface area contributed by atoms with Crippen molar-refractivity contribution in [2.75, 3.05) is 11.9 Å². The van der Waals surface area contributed by atoms with Crippen LogP contribution in [0.3, 0.4) is 0 Å². The Morgan fingerprint density at radius 3 is 2.52 bits per heavy atom. The number of aromatic nitrogens is 2. The summed E-state index contributed by atoms with van der Waals surface area (Å²) in [4.78, 5) is 62.7. The molecule has 1 aliphatic carbocycles. The number of fused-ring (bicyclic) bond motifs is 1. The number of carbonyl (C=O) groups is 4. The van der Waals surface area contributed by atoms with Crippen molar-refractivity contribution in [3.8, 4) is 5.88 Å². The van der Waals surface area contributed by atoms with Gasteiger partial charge in [-0.3, -0.25) is 19.2 Å². The van der Waals surface area contributed by atoms with E-state index in [9.17, 15) is 19.2 Å². The Bertz CT molecular complexity index is 1500. The fourth-order valence-electron chi connectivity index (χ4n) is 5.58. The molecule has 1 aromatic carbocycles. The Morgan fingerprint density at radius 1 is 1.16 bits per heavy atom. The molecule has 1 saturated carbocycles. The Kier molecular flexibility index (Phi) is 9.10. The average Bonchev–Trinajstić information content (AvgIpc) is 3.56. The molecule has 1 aliphatic heterocycles. The number of pyridine rings is 1. The predicted octanol–water partition coefficient (Wildman–Crippen LogP) is 3.48. The smallest absolute Gasteiger partial charge is 0.296 e. The lowest BCUT2D eigenvalue weighted by molar-refractivity contribution is -0.142. The van der Waals surface area contributed by atoms with Crippen molar-refractivity contribution in [2.24, 2.45) is 17.1 Å². The summed E-state index contributed by atoms with van der Waals surface area (Å²) in [6.07, 6.45) is 4.13. The molecule has 0 spiro atoms. The van der Waals surface area contributed by atoms with E-state index in [0.29, 0.717) is 22.5 Å². The van der Waals surface area contributed by atoms with Gasteiger partial charge in [-0.2, -0.15) is 4.98 Å². The summed E-state index contributed by atoms with van der Waals surface area (Å²) in [6, 6.07) is 7.74. The van der Waals surface area contributed by atoms with E-state index < -0.39 is 47.2 Å². The van der Waals surface area contributed by atoms with Crippen molar-refractivity contribution in [3.63, 3.8) is 0 Å². The van der Waals surface area contributed by atoms with Crippen molar-refractivity contribution in [1.82, 2.24) is 20.2 Å². The van der Waals surface area contributed by atoms with Gasteiger partial charge >= 0.3 is 0 Å². The van der Waals surface area contributed by atoms with Crippen LogP contribution in [0, 0.1) is 11.3 Å². The second-order valence-electron chi connectivity index (χ2n) is 12.5. The molecule has 44 heavy (non-hydrogen) atoms. The van der Waals surface area contributed by atoms with Crippen LogP contribution in [0.2, 0.25) is 5.02 Å². The molecule has 0 bridgehead atoms. The number of nitrogens with two attached hydrogens (primary N) is 1. The Morgan fingerprint density at radius 2 is 1.91 bits per heavy atom. The third-order valence-electron chi connectivity index (χ3n) is 8.18. The van der Waals surface area contributed by atoms with Gasteiger partial charge in [0.2, 0.25) is 23.5 Å². The number of nitrogens with zero attached hydrogens (tertiary/aromatic N) is 3. The molecule has 0 radical (unpaired) electrons. The van der Waals surface area contributed by atoms with Gasteiger partial charge in [-0.05, 0) is 36.0 Å². The first-order valence-corrected chi connectivity index (χ1v) is 15.1. The molecule has 2 fully saturated rings. The Balaban J connectivity index is 1.41. The van der Waals surface area contributed by atoms with Crippen molar-refractivity contribution in [2.45, 2.75) is 77.1 Å². The summed E-state index contributed by atoms with van der Waals surface area (Å²) in [7, 11) is 0. The van der Waals surface area contributed by atoms with Crippen LogP contribution in [0.1, 0.15) is 52.9 Å². The van der Waals surface area contributed by atoms with Crippen molar-refractivity contribution in [1.29, 1.82) is 0 Å². The van der Waals surface area contributed by atoms with E-state index in [0.717, 1.165) is 19.3 Å². The van der Waals surface area contributed by atoms with Crippen molar-refractivity contribution < 1.29 is 28.3 Å². The number of ether oxygens (including phenoxy) is 1. The third-order valence-corrected chi connectivity index (χ3v) is 8.40. The number of amides is 3. The highest BCUT2D eigenvalue weighted by atomic mass is 35.5. The van der Waals surface area contributed by atoms with Crippen molar-refractivity contribution >= 4 is 52.2 Å². The van der Waals surface area contributed by atoms with E-state index in [1.807, 2.05) is 32.9 Å². The van der Waals surface area contributed by atoms with Crippen LogP contribution in [0.4, 0.5) is 6.01 Å². The number of rotatable bonds is 11. The van der Waals surface area contributed by atoms with Crippen LogP contribution in [0.5, 0.6) is 5.88 Å². The molecule has 13 heteroatoms. The maximum Gasteiger partial charge on any atom is 0.296 e. The molecule has 1 unspecified atom stereocenters. The third kappa shape index (κ3) is 7.12. The first kappa shape index (κ1) is 31.2. The minimum atomic E-state index is -1.11. The van der Waals surface area contributed by atoms with Gasteiger partial charge < -0.3 is 30.4 Å². The molecule has 3 heterocycles. The van der Waals surface area contributed by atoms with E-state index in [-0.39, 0.29) is 36.7 Å². The zero-order valence-electron chi connectivity index (χ0n) is 24.9. The molecule has 3 amide bonds. The number of carbonyl (C=O) groups excluding carboxylic acids is 4. The van der Waals surface area contributed by atoms with Crippen LogP contribution >= 0.6 is 11.6 Å². The number of nitrogens with one attached hydrogen (secondary N) is 2. The minimum absolute atomic E-state index is 0.0695. The molecule has 2 aromatic heterocycles. The van der Waals surface area contributed by atoms with E-state index in [1.54, 1.807) is 24.3 Å². The van der Waals surface area contributed by atoms with Gasteiger partial charge in [-0.25, -0.2) is 4.98 Å². The lowest BCUT2D eigenvalue weighted by Crippen LogP contribution is -2.57. The van der Waals surface area contributed by atoms with Crippen LogP contribution in [0.25, 0.3) is 11.1 Å². The van der Waals surface area contributed by atoms with Crippen LogP contribution in [-0.4, -0.2) is 69.1 Å². The van der Waals surface area contributed by atoms with Crippen molar-refractivity contribution in [3.05, 3.63) is 47.6 Å². The first-order chi connectivity index (χ1) is 20.9. The zero-order chi connectivity index (χ0) is 31.6. The van der Waals surface area contributed by atoms with Crippen LogP contribution in [-0.2, 0) is 19.2 Å². The summed E-state index contributed by atoms with van der Waals surface area (Å²) in [5.74, 6) is -2.42. The summed E-state index contributed by atoms with van der Waals surface area (Å²) >= 11 is 5.97. The van der Waals surface area contributed by atoms with Gasteiger partial charge in [0.05, 0.1) is 17.6 Å². The van der Waals surface area contributed by atoms with E-state index in [4.69, 9.17) is 26.5 Å². The first-order valence-electron chi connectivity index (χ1n) is 14.7. The van der Waals surface area contributed by atoms with Gasteiger partial charge in [-0.15, -0.1) is 0 Å². The standard InChI is InChI=1S/C31H37ClN6O6/c1-31(2,3)26(37-30-36-20-9-4-5-10-23(20)44-30)29(42)38-16-19(43-24-12-11-18(32)15-34-24)14-22(38)28(41)35-21(25(39)27(33)40)13-17-7-6-8-17/h4-5,9-12,15,17,19,21-22,26H,6-8,13-14,16H2,1-3H3,(H2,33,40)(H,35,41)(H,36,37)/t19-,21?,22+,26-/m1/s1. The minimum Gasteiger partial charge on any atom is -0.472 e. The summed E-state index contributed by atoms with van der Waals surface area (Å²) in [5.41, 5.74) is 5.88. The Hall–Kier alpha value is -4.19. The number of anilines is 1. The number of hydrogen-bond acceptors (Lipinski definition) is 9. The highest BCUT2D eigenvalue weighted by Gasteiger charge is 2.46. The van der Waals surface area contributed by atoms with Gasteiger partial charge in [0.15, 0.2) is 5.58 Å². The molecule has 4 N–H and O–H groups in total. The largest absolute Gasteiger partial charge is 0.472 e. The second kappa shape index (κ2) is 12.8. The number of oxazole rings is 1. The fourth-order valence-corrected chi connectivity index (χ4v) is 5.69. The van der Waals surface area contributed by atoms with Crippen LogP contribution in [0.15, 0.2) is 47.0 Å². The van der Waals surface area contributed by atoms with Gasteiger partial charge in [-0.1, -0.05) is 63.8 Å². The van der Waals surface area contributed by atoms with Gasteiger partial charge in [0.25, 0.3) is 11.9 Å². The fraction of sp³-hybridized carbons (Fsp3) is 0.484. The monoisotopic (exact) mass is 624 g/mol. The van der Waals surface area contributed by atoms with E-state index in [1.165, 1.54) is 11.1 Å². The highest BCUT2D eigenvalue weighted by molar-refractivity contribution is 6.37. The molecular weight excluding hydrogens is 588 g/mol. The lowest BCUT2D eigenvalue weighted by Gasteiger charge is -2.35. The molecule has 12 nitrogen and oxygen atoms in total. The number of para-hydroxylation sites is 2. The molecule has 234 valence electrons. The predicted molar refractivity (Wildman–Crippen MR) is 163 cm³/mol. The molecule has 3 aromatic rings. The second-order valence-corrected chi connectivity index (χ2v) is 13.0. The maximum absolute atomic E-state index is 14.3. The van der Waals surface area contributed by atoms with Gasteiger partial charge in [0, 0.05) is 18.7 Å². The quantitative estimate of drug-likeness (QED) is 0.270. The lowest BCUT2D eigenvalue weighted by atomic mass is 9.80. The number of hydrogen-bond donors (Lipinski definition) is 3. The number of halogens is 1. The number of Topliss-reactive ketones (excluding diaryl/α,β-unsaturated/α-hetero) is 1. The number of primary amides is 1. The summed E-state index contributed by atoms with van der Waals surface area (Å²) in [5, 5.41) is 6.32. The van der Waals surface area contributed by atoms with E-state index in [2.05, 4.69) is 20.6 Å². The number of ketones is 1. The highest BCUT2D eigenvalue weighted by Crippen LogP contribution is 2.32. The number of likely N-dealkylation sites (tertiary alicyclic amines) is 1. The zero-order valence-corrected chi connectivity index (χ0v) is 25.7. The molecule has 1 saturated heterocycles. The summed E-state index contributed by atoms with van der Waals surface area (Å²) in [6.45, 7) is 5.74. The molecular formula is C31H37ClN6O6.